The van der Waals surface area contributed by atoms with Crippen molar-refractivity contribution in [3.8, 4) is 0 Å². The lowest BCUT2D eigenvalue weighted by Gasteiger charge is -2.27. The molecule has 2 nitrogen and oxygen atoms in total. The number of aliphatic hydroxyl groups is 1. The summed E-state index contributed by atoms with van der Waals surface area (Å²) < 4.78 is 13.0. The maximum absolute atomic E-state index is 13.0. The minimum absolute atomic E-state index is 0.0381. The van der Waals surface area contributed by atoms with Crippen molar-refractivity contribution < 1.29 is 9.50 Å². The van der Waals surface area contributed by atoms with E-state index >= 15 is 0 Å². The second-order valence-electron chi connectivity index (χ2n) is 4.16. The number of rotatable bonds is 5. The SMILES string of the molecule is CCC(C)(CO)NCc1cc(F)ccc1Cl. The third-order valence-electron chi connectivity index (χ3n) is 2.84. The van der Waals surface area contributed by atoms with E-state index in [9.17, 15) is 9.50 Å². The van der Waals surface area contributed by atoms with Crippen LogP contribution in [0.2, 0.25) is 5.02 Å². The summed E-state index contributed by atoms with van der Waals surface area (Å²) in [4.78, 5) is 0. The van der Waals surface area contributed by atoms with Gasteiger partial charge in [0.05, 0.1) is 6.61 Å². The summed E-state index contributed by atoms with van der Waals surface area (Å²) in [6.45, 7) is 4.38. The minimum Gasteiger partial charge on any atom is -0.394 e. The molecule has 0 spiro atoms. The highest BCUT2D eigenvalue weighted by Gasteiger charge is 2.20. The van der Waals surface area contributed by atoms with Crippen molar-refractivity contribution in [2.24, 2.45) is 0 Å². The normalized spacial score (nSPS) is 14.8. The topological polar surface area (TPSA) is 32.3 Å². The zero-order chi connectivity index (χ0) is 12.2. The average molecular weight is 246 g/mol. The number of halogens is 2. The molecule has 0 heterocycles. The van der Waals surface area contributed by atoms with Gasteiger partial charge in [0.15, 0.2) is 0 Å². The molecule has 0 aliphatic rings. The molecule has 0 fully saturated rings. The van der Waals surface area contributed by atoms with Gasteiger partial charge in [-0.15, -0.1) is 0 Å². The Morgan fingerprint density at radius 2 is 2.19 bits per heavy atom. The summed E-state index contributed by atoms with van der Waals surface area (Å²) in [5.74, 6) is -0.302. The van der Waals surface area contributed by atoms with Crippen molar-refractivity contribution in [1.82, 2.24) is 5.32 Å². The van der Waals surface area contributed by atoms with Crippen LogP contribution in [0.1, 0.15) is 25.8 Å². The fraction of sp³-hybridized carbons (Fsp3) is 0.500. The Morgan fingerprint density at radius 3 is 2.75 bits per heavy atom. The van der Waals surface area contributed by atoms with Crippen LogP contribution in [0.4, 0.5) is 4.39 Å². The Labute approximate surface area is 100 Å². The second-order valence-corrected chi connectivity index (χ2v) is 4.57. The van der Waals surface area contributed by atoms with Gasteiger partial charge in [-0.1, -0.05) is 18.5 Å². The van der Waals surface area contributed by atoms with E-state index in [1.807, 2.05) is 13.8 Å². The maximum Gasteiger partial charge on any atom is 0.123 e. The number of nitrogens with one attached hydrogen (secondary N) is 1. The fourth-order valence-corrected chi connectivity index (χ4v) is 1.46. The first kappa shape index (κ1) is 13.4. The van der Waals surface area contributed by atoms with Gasteiger partial charge in [-0.05, 0) is 37.1 Å². The Hall–Kier alpha value is -0.640. The van der Waals surface area contributed by atoms with Crippen LogP contribution in [0, 0.1) is 5.82 Å². The number of aliphatic hydroxyl groups excluding tert-OH is 1. The molecule has 0 saturated heterocycles. The van der Waals surface area contributed by atoms with E-state index in [0.717, 1.165) is 6.42 Å². The van der Waals surface area contributed by atoms with Gasteiger partial charge in [0.1, 0.15) is 5.82 Å². The van der Waals surface area contributed by atoms with Gasteiger partial charge in [0, 0.05) is 17.1 Å². The van der Waals surface area contributed by atoms with Gasteiger partial charge in [-0.3, -0.25) is 0 Å². The highest BCUT2D eigenvalue weighted by Crippen LogP contribution is 2.18. The molecule has 0 amide bonds. The highest BCUT2D eigenvalue weighted by molar-refractivity contribution is 6.31. The van der Waals surface area contributed by atoms with Crippen LogP contribution in [0.15, 0.2) is 18.2 Å². The molecule has 2 N–H and O–H groups in total. The standard InChI is InChI=1S/C12H17ClFNO/c1-3-12(2,8-16)15-7-9-6-10(14)4-5-11(9)13/h4-6,15-16H,3,7-8H2,1-2H3. The van der Waals surface area contributed by atoms with E-state index < -0.39 is 0 Å². The van der Waals surface area contributed by atoms with Gasteiger partial charge in [-0.25, -0.2) is 4.39 Å². The van der Waals surface area contributed by atoms with Gasteiger partial charge in [0.25, 0.3) is 0 Å². The number of hydrogen-bond donors (Lipinski definition) is 2. The molecule has 0 aromatic heterocycles. The van der Waals surface area contributed by atoms with E-state index in [1.165, 1.54) is 18.2 Å². The summed E-state index contributed by atoms with van der Waals surface area (Å²) in [5.41, 5.74) is 0.352. The average Bonchev–Trinajstić information content (AvgIpc) is 2.30. The lowest BCUT2D eigenvalue weighted by molar-refractivity contribution is 0.169. The first-order valence-electron chi connectivity index (χ1n) is 5.30. The minimum atomic E-state index is -0.352. The molecule has 16 heavy (non-hydrogen) atoms. The molecule has 4 heteroatoms. The zero-order valence-electron chi connectivity index (χ0n) is 9.56. The molecule has 0 bridgehead atoms. The molecular weight excluding hydrogens is 229 g/mol. The summed E-state index contributed by atoms with van der Waals surface area (Å²) >= 11 is 5.94. The predicted molar refractivity (Wildman–Crippen MR) is 64.0 cm³/mol. The largest absolute Gasteiger partial charge is 0.394 e. The van der Waals surface area contributed by atoms with E-state index in [1.54, 1.807) is 0 Å². The van der Waals surface area contributed by atoms with Gasteiger partial charge < -0.3 is 10.4 Å². The van der Waals surface area contributed by atoms with Crippen molar-refractivity contribution in [3.05, 3.63) is 34.6 Å². The second kappa shape index (κ2) is 5.62. The molecule has 0 saturated carbocycles. The van der Waals surface area contributed by atoms with Crippen LogP contribution >= 0.6 is 11.6 Å². The van der Waals surface area contributed by atoms with Crippen LogP contribution in [-0.4, -0.2) is 17.3 Å². The molecule has 0 radical (unpaired) electrons. The Balaban J connectivity index is 2.70. The third kappa shape index (κ3) is 3.44. The van der Waals surface area contributed by atoms with Crippen LogP contribution in [0.25, 0.3) is 0 Å². The van der Waals surface area contributed by atoms with E-state index in [4.69, 9.17) is 11.6 Å². The van der Waals surface area contributed by atoms with E-state index in [-0.39, 0.29) is 18.0 Å². The van der Waals surface area contributed by atoms with Crippen LogP contribution in [0.3, 0.4) is 0 Å². The summed E-state index contributed by atoms with van der Waals surface area (Å²) in [6.07, 6.45) is 0.788. The van der Waals surface area contributed by atoms with Crippen molar-refractivity contribution in [3.63, 3.8) is 0 Å². The number of benzene rings is 1. The van der Waals surface area contributed by atoms with Gasteiger partial charge in [-0.2, -0.15) is 0 Å². The summed E-state index contributed by atoms with van der Waals surface area (Å²) in [5, 5.41) is 12.9. The predicted octanol–water partition coefficient (Wildman–Crippen LogP) is 2.73. The van der Waals surface area contributed by atoms with E-state index in [0.29, 0.717) is 17.1 Å². The smallest absolute Gasteiger partial charge is 0.123 e. The lowest BCUT2D eigenvalue weighted by Crippen LogP contribution is -2.44. The monoisotopic (exact) mass is 245 g/mol. The third-order valence-corrected chi connectivity index (χ3v) is 3.21. The Bertz CT molecular complexity index is 353. The van der Waals surface area contributed by atoms with E-state index in [2.05, 4.69) is 5.32 Å². The fourth-order valence-electron chi connectivity index (χ4n) is 1.28. The van der Waals surface area contributed by atoms with Crippen LogP contribution < -0.4 is 5.32 Å². The molecule has 0 aliphatic carbocycles. The molecule has 1 atom stereocenters. The first-order valence-corrected chi connectivity index (χ1v) is 5.68. The molecule has 1 rings (SSSR count). The lowest BCUT2D eigenvalue weighted by atomic mass is 10.00. The van der Waals surface area contributed by atoms with Crippen LogP contribution in [-0.2, 0) is 6.54 Å². The quantitative estimate of drug-likeness (QED) is 0.836. The van der Waals surface area contributed by atoms with Crippen molar-refractivity contribution in [2.75, 3.05) is 6.61 Å². The maximum atomic E-state index is 13.0. The van der Waals surface area contributed by atoms with Gasteiger partial charge in [0.2, 0.25) is 0 Å². The van der Waals surface area contributed by atoms with Gasteiger partial charge >= 0.3 is 0 Å². The first-order chi connectivity index (χ1) is 7.50. The van der Waals surface area contributed by atoms with Crippen molar-refractivity contribution in [2.45, 2.75) is 32.4 Å². The molecular formula is C12H17ClFNO. The van der Waals surface area contributed by atoms with Crippen LogP contribution in [0.5, 0.6) is 0 Å². The molecule has 1 unspecified atom stereocenters. The summed E-state index contributed by atoms with van der Waals surface area (Å²) in [6, 6.07) is 4.27. The molecule has 0 aliphatic heterocycles. The van der Waals surface area contributed by atoms with Crippen molar-refractivity contribution >= 4 is 11.6 Å². The van der Waals surface area contributed by atoms with Crippen molar-refractivity contribution in [1.29, 1.82) is 0 Å². The summed E-state index contributed by atoms with van der Waals surface area (Å²) in [7, 11) is 0. The molecule has 90 valence electrons. The number of hydrogen-bond acceptors (Lipinski definition) is 2. The highest BCUT2D eigenvalue weighted by atomic mass is 35.5. The zero-order valence-corrected chi connectivity index (χ0v) is 10.3. The molecule has 1 aromatic carbocycles. The molecule has 1 aromatic rings. The Morgan fingerprint density at radius 1 is 1.50 bits per heavy atom. The Kier molecular flexibility index (Phi) is 4.71.